The van der Waals surface area contributed by atoms with Crippen LogP contribution in [-0.2, 0) is 0 Å². The van der Waals surface area contributed by atoms with Gasteiger partial charge in [-0.15, -0.1) is 0 Å². The number of hydrogen-bond donors (Lipinski definition) is 0. The smallest absolute Gasteiger partial charge is 0.497 e. The third kappa shape index (κ3) is 6.55. The van der Waals surface area contributed by atoms with Crippen molar-refractivity contribution in [2.45, 2.75) is 6.16 Å². The Balaban J connectivity index is 1.78. The van der Waals surface area contributed by atoms with Gasteiger partial charge in [0.2, 0.25) is 0 Å². The van der Waals surface area contributed by atoms with Crippen LogP contribution in [0.15, 0.2) is 97.1 Å². The van der Waals surface area contributed by atoms with Crippen LogP contribution in [0.1, 0.15) is 5.56 Å². The van der Waals surface area contributed by atoms with Crippen molar-refractivity contribution in [3.63, 3.8) is 0 Å². The number of hydrogen-bond acceptors (Lipinski definition) is 8. The molecular weight excluding hydrogens is 474 g/mol. The molecule has 0 aliphatic rings. The minimum atomic E-state index is -2.15. The van der Waals surface area contributed by atoms with Crippen molar-refractivity contribution in [2.24, 2.45) is 0 Å². The number of nitriles is 1. The predicted molar refractivity (Wildman–Crippen MR) is 135 cm³/mol. The van der Waals surface area contributed by atoms with Gasteiger partial charge in [0.25, 0.3) is 0 Å². The number of methoxy groups -OCH3 is 3. The van der Waals surface area contributed by atoms with E-state index in [2.05, 4.69) is 6.07 Å². The zero-order valence-electron chi connectivity index (χ0n) is 20.5. The summed E-state index contributed by atoms with van der Waals surface area (Å²) in [5.74, 6) is 3.35. The molecule has 0 aliphatic heterocycles. The summed E-state index contributed by atoms with van der Waals surface area (Å²) in [5.41, 5.74) is 0.393. The highest BCUT2D eigenvalue weighted by molar-refractivity contribution is 5.38. The monoisotopic (exact) mass is 499 g/mol. The summed E-state index contributed by atoms with van der Waals surface area (Å²) in [6.07, 6.45) is -2.15. The Morgan fingerprint density at radius 3 is 1.19 bits per heavy atom. The van der Waals surface area contributed by atoms with Crippen molar-refractivity contribution < 1.29 is 33.2 Å². The van der Waals surface area contributed by atoms with Crippen LogP contribution in [0.5, 0.6) is 40.2 Å². The molecule has 0 fully saturated rings. The van der Waals surface area contributed by atoms with Crippen LogP contribution in [-0.4, -0.2) is 27.5 Å². The second-order valence-corrected chi connectivity index (χ2v) is 7.57. The first-order valence-corrected chi connectivity index (χ1v) is 11.2. The van der Waals surface area contributed by atoms with Crippen LogP contribution >= 0.6 is 0 Å². The lowest BCUT2D eigenvalue weighted by Crippen LogP contribution is -2.53. The average molecular weight is 500 g/mol. The van der Waals surface area contributed by atoms with Crippen LogP contribution in [0, 0.1) is 11.3 Å². The molecule has 0 bridgehead atoms. The molecule has 37 heavy (non-hydrogen) atoms. The molecule has 0 radical (unpaired) electrons. The Morgan fingerprint density at radius 2 is 0.838 bits per heavy atom. The highest BCUT2D eigenvalue weighted by atomic mass is 17.0. The van der Waals surface area contributed by atoms with E-state index in [1.54, 1.807) is 118 Å². The summed E-state index contributed by atoms with van der Waals surface area (Å²) in [6, 6.07) is 29.2. The molecule has 0 amide bonds. The van der Waals surface area contributed by atoms with Crippen molar-refractivity contribution in [3.05, 3.63) is 103 Å². The Labute approximate surface area is 215 Å². The van der Waals surface area contributed by atoms with E-state index in [-0.39, 0.29) is 5.75 Å². The fourth-order valence-electron chi connectivity index (χ4n) is 3.26. The Kier molecular flexibility index (Phi) is 7.86. The maximum Gasteiger partial charge on any atom is 0.611 e. The summed E-state index contributed by atoms with van der Waals surface area (Å²) in [5, 5.41) is 9.38. The normalized spacial score (nSPS) is 10.5. The zero-order chi connectivity index (χ0) is 26.1. The molecule has 0 spiro atoms. The van der Waals surface area contributed by atoms with E-state index in [0.717, 1.165) is 0 Å². The van der Waals surface area contributed by atoms with Gasteiger partial charge in [0.05, 0.1) is 33.0 Å². The number of ether oxygens (including phenoxy) is 7. The third-order valence-corrected chi connectivity index (χ3v) is 5.11. The fraction of sp³-hybridized carbons (Fsp3) is 0.138. The molecule has 4 aromatic carbocycles. The van der Waals surface area contributed by atoms with Crippen LogP contribution in [0.3, 0.4) is 0 Å². The maximum absolute atomic E-state index is 9.38. The van der Waals surface area contributed by atoms with Gasteiger partial charge >= 0.3 is 6.16 Å². The van der Waals surface area contributed by atoms with Gasteiger partial charge in [-0.25, -0.2) is 0 Å². The molecule has 8 heteroatoms. The lowest BCUT2D eigenvalue weighted by Gasteiger charge is -2.32. The molecule has 0 N–H and O–H groups in total. The molecule has 0 heterocycles. The standard InChI is InChI=1S/C29H25NO7/c1-31-22-7-13-25(14-8-22)34-29(35-26-15-9-23(32-2)10-16-26,36-27-17-11-24(33-3)12-18-27)37-28-6-4-5-21(19-28)20-30/h4-19H,1-3H3. The SMILES string of the molecule is COc1ccc(OC(Oc2ccc(OC)cc2)(Oc2ccc(OC)cc2)Oc2cccc(C#N)c2)cc1. The molecule has 188 valence electrons. The number of nitrogens with zero attached hydrogens (tertiary/aromatic N) is 1. The quantitative estimate of drug-likeness (QED) is 0.239. The van der Waals surface area contributed by atoms with E-state index in [1.807, 2.05) is 0 Å². The van der Waals surface area contributed by atoms with E-state index < -0.39 is 6.16 Å². The van der Waals surface area contributed by atoms with Gasteiger partial charge in [-0.05, 0) is 91.0 Å². The van der Waals surface area contributed by atoms with E-state index in [4.69, 9.17) is 33.2 Å². The maximum atomic E-state index is 9.38. The summed E-state index contributed by atoms with van der Waals surface area (Å²) < 4.78 is 40.7. The second kappa shape index (κ2) is 11.6. The first-order valence-electron chi connectivity index (χ1n) is 11.2. The minimum Gasteiger partial charge on any atom is -0.497 e. The van der Waals surface area contributed by atoms with Gasteiger partial charge in [0.15, 0.2) is 0 Å². The number of rotatable bonds is 11. The Hall–Kier alpha value is -5.03. The van der Waals surface area contributed by atoms with Crippen molar-refractivity contribution in [2.75, 3.05) is 21.3 Å². The van der Waals surface area contributed by atoms with Crippen molar-refractivity contribution in [1.29, 1.82) is 5.26 Å². The van der Waals surface area contributed by atoms with Gasteiger partial charge in [0, 0.05) is 0 Å². The van der Waals surface area contributed by atoms with Crippen LogP contribution in [0.4, 0.5) is 0 Å². The van der Waals surface area contributed by atoms with Gasteiger partial charge in [-0.2, -0.15) is 5.26 Å². The molecule has 4 rings (SSSR count). The molecule has 0 unspecified atom stereocenters. The molecule has 0 atom stereocenters. The first-order chi connectivity index (χ1) is 18.0. The van der Waals surface area contributed by atoms with E-state index in [1.165, 1.54) is 0 Å². The first kappa shape index (κ1) is 25.1. The summed E-state index contributed by atoms with van der Waals surface area (Å²) in [6.45, 7) is 0. The van der Waals surface area contributed by atoms with Crippen LogP contribution in [0.25, 0.3) is 0 Å². The third-order valence-electron chi connectivity index (χ3n) is 5.11. The summed E-state index contributed by atoms with van der Waals surface area (Å²) in [4.78, 5) is 0. The number of benzene rings is 4. The molecule has 0 aliphatic carbocycles. The van der Waals surface area contributed by atoms with Gasteiger partial charge < -0.3 is 33.2 Å². The van der Waals surface area contributed by atoms with Crippen LogP contribution in [0.2, 0.25) is 0 Å². The zero-order valence-corrected chi connectivity index (χ0v) is 20.5. The average Bonchev–Trinajstić information content (AvgIpc) is 2.94. The summed E-state index contributed by atoms with van der Waals surface area (Å²) in [7, 11) is 4.72. The topological polar surface area (TPSA) is 88.4 Å². The Bertz CT molecular complexity index is 1210. The van der Waals surface area contributed by atoms with E-state index in [9.17, 15) is 5.26 Å². The molecule has 8 nitrogen and oxygen atoms in total. The Morgan fingerprint density at radius 1 is 0.486 bits per heavy atom. The highest BCUT2D eigenvalue weighted by Gasteiger charge is 2.44. The molecule has 0 saturated heterocycles. The van der Waals surface area contributed by atoms with Crippen molar-refractivity contribution >= 4 is 0 Å². The second-order valence-electron chi connectivity index (χ2n) is 7.57. The van der Waals surface area contributed by atoms with Gasteiger partial charge in [-0.3, -0.25) is 0 Å². The largest absolute Gasteiger partial charge is 0.611 e. The lowest BCUT2D eigenvalue weighted by atomic mass is 10.2. The van der Waals surface area contributed by atoms with E-state index in [0.29, 0.717) is 40.1 Å². The van der Waals surface area contributed by atoms with Crippen molar-refractivity contribution in [1.82, 2.24) is 0 Å². The molecular formula is C29H25NO7. The fourth-order valence-corrected chi connectivity index (χ4v) is 3.26. The van der Waals surface area contributed by atoms with Crippen molar-refractivity contribution in [3.8, 4) is 46.3 Å². The molecule has 0 aromatic heterocycles. The lowest BCUT2D eigenvalue weighted by molar-refractivity contribution is -0.367. The minimum absolute atomic E-state index is 0.287. The highest BCUT2D eigenvalue weighted by Crippen LogP contribution is 2.32. The van der Waals surface area contributed by atoms with Gasteiger partial charge in [0.1, 0.15) is 40.2 Å². The van der Waals surface area contributed by atoms with Crippen LogP contribution < -0.4 is 33.2 Å². The van der Waals surface area contributed by atoms with Gasteiger partial charge in [-0.1, -0.05) is 6.07 Å². The summed E-state index contributed by atoms with van der Waals surface area (Å²) >= 11 is 0. The van der Waals surface area contributed by atoms with E-state index >= 15 is 0 Å². The predicted octanol–water partition coefficient (Wildman–Crippen LogP) is 5.81. The molecule has 0 saturated carbocycles. The molecule has 4 aromatic rings.